The Morgan fingerprint density at radius 1 is 1.44 bits per heavy atom. The van der Waals surface area contributed by atoms with Gasteiger partial charge in [0.05, 0.1) is 0 Å². The fourth-order valence-electron chi connectivity index (χ4n) is 2.49. The smallest absolute Gasteiger partial charge is 0.0331 e. The third kappa shape index (κ3) is 4.82. The van der Waals surface area contributed by atoms with Crippen molar-refractivity contribution in [3.05, 3.63) is 20.8 Å². The lowest BCUT2D eigenvalue weighted by atomic mass is 10.0. The van der Waals surface area contributed by atoms with Crippen molar-refractivity contribution in [2.45, 2.75) is 38.8 Å². The van der Waals surface area contributed by atoms with Crippen molar-refractivity contribution in [1.82, 2.24) is 10.2 Å². The van der Waals surface area contributed by atoms with Gasteiger partial charge in [-0.15, -0.1) is 23.7 Å². The fourth-order valence-corrected chi connectivity index (χ4v) is 3.96. The molecule has 2 rings (SSSR count). The largest absolute Gasteiger partial charge is 0.317 e. The van der Waals surface area contributed by atoms with Crippen molar-refractivity contribution >= 4 is 39.7 Å². The van der Waals surface area contributed by atoms with Gasteiger partial charge in [-0.1, -0.05) is 6.92 Å². The molecule has 0 atom stereocenters. The quantitative estimate of drug-likeness (QED) is 0.863. The van der Waals surface area contributed by atoms with Crippen molar-refractivity contribution in [2.24, 2.45) is 0 Å². The summed E-state index contributed by atoms with van der Waals surface area (Å²) in [5.41, 5.74) is 0. The molecule has 0 spiro atoms. The monoisotopic (exact) mass is 352 g/mol. The molecule has 2 nitrogen and oxygen atoms in total. The van der Waals surface area contributed by atoms with Gasteiger partial charge < -0.3 is 5.32 Å². The first-order valence-electron chi connectivity index (χ1n) is 6.47. The standard InChI is InChI=1S/C13H21BrN2S.ClH/c1-2-7-16(12-3-5-15-6-4-12)9-13-8-11(14)10-17-13;/h8,10,12,15H,2-7,9H2,1H3;1H. The zero-order chi connectivity index (χ0) is 12.1. The van der Waals surface area contributed by atoms with Crippen molar-refractivity contribution in [3.8, 4) is 0 Å². The number of halogens is 2. The van der Waals surface area contributed by atoms with Crippen LogP contribution in [0.5, 0.6) is 0 Å². The molecule has 0 unspecified atom stereocenters. The first-order chi connectivity index (χ1) is 8.29. The summed E-state index contributed by atoms with van der Waals surface area (Å²) < 4.78 is 1.22. The number of nitrogens with zero attached hydrogens (tertiary/aromatic N) is 1. The lowest BCUT2D eigenvalue weighted by Gasteiger charge is -2.34. The molecular weight excluding hydrogens is 332 g/mol. The summed E-state index contributed by atoms with van der Waals surface area (Å²) in [5.74, 6) is 0. The first-order valence-corrected chi connectivity index (χ1v) is 8.14. The van der Waals surface area contributed by atoms with Crippen LogP contribution in [0.3, 0.4) is 0 Å². The highest BCUT2D eigenvalue weighted by Gasteiger charge is 2.20. The van der Waals surface area contributed by atoms with Gasteiger partial charge in [0, 0.05) is 27.3 Å². The molecule has 1 aliphatic heterocycles. The molecule has 0 aliphatic carbocycles. The van der Waals surface area contributed by atoms with Crippen LogP contribution >= 0.6 is 39.7 Å². The van der Waals surface area contributed by atoms with Crippen LogP contribution in [0.25, 0.3) is 0 Å². The van der Waals surface area contributed by atoms with Crippen molar-refractivity contribution < 1.29 is 0 Å². The summed E-state index contributed by atoms with van der Waals surface area (Å²) in [6.07, 6.45) is 3.84. The number of piperidine rings is 1. The highest BCUT2D eigenvalue weighted by atomic mass is 79.9. The second-order valence-electron chi connectivity index (χ2n) is 4.68. The van der Waals surface area contributed by atoms with Crippen LogP contribution in [0.4, 0.5) is 0 Å². The minimum atomic E-state index is 0. The van der Waals surface area contributed by atoms with Crippen molar-refractivity contribution in [3.63, 3.8) is 0 Å². The van der Waals surface area contributed by atoms with E-state index in [-0.39, 0.29) is 12.4 Å². The van der Waals surface area contributed by atoms with E-state index in [2.05, 4.69) is 44.5 Å². The lowest BCUT2D eigenvalue weighted by molar-refractivity contribution is 0.155. The zero-order valence-corrected chi connectivity index (χ0v) is 14.0. The van der Waals surface area contributed by atoms with E-state index in [1.54, 1.807) is 0 Å². The van der Waals surface area contributed by atoms with Crippen LogP contribution < -0.4 is 5.32 Å². The Morgan fingerprint density at radius 2 is 2.17 bits per heavy atom. The Hall–Kier alpha value is 0.390. The SMILES string of the molecule is CCCN(Cc1cc(Br)cs1)C1CCNCC1.Cl. The van der Waals surface area contributed by atoms with Crippen LogP contribution in [-0.4, -0.2) is 30.6 Å². The Kier molecular flexibility index (Phi) is 7.80. The third-order valence-corrected chi connectivity index (χ3v) is 5.00. The van der Waals surface area contributed by atoms with Crippen molar-refractivity contribution in [2.75, 3.05) is 19.6 Å². The van der Waals surface area contributed by atoms with E-state index in [1.165, 1.54) is 48.2 Å². The molecule has 1 N–H and O–H groups in total. The molecule has 104 valence electrons. The molecule has 0 bridgehead atoms. The lowest BCUT2D eigenvalue weighted by Crippen LogP contribution is -2.42. The van der Waals surface area contributed by atoms with E-state index in [9.17, 15) is 0 Å². The average Bonchev–Trinajstić information content (AvgIpc) is 2.75. The van der Waals surface area contributed by atoms with E-state index in [4.69, 9.17) is 0 Å². The molecule has 18 heavy (non-hydrogen) atoms. The third-order valence-electron chi connectivity index (χ3n) is 3.32. The van der Waals surface area contributed by atoms with Crippen LogP contribution in [0, 0.1) is 0 Å². The normalized spacial score (nSPS) is 16.8. The predicted molar refractivity (Wildman–Crippen MR) is 85.9 cm³/mol. The van der Waals surface area contributed by atoms with Crippen LogP contribution in [-0.2, 0) is 6.54 Å². The van der Waals surface area contributed by atoms with Gasteiger partial charge in [-0.3, -0.25) is 4.90 Å². The Bertz CT molecular complexity index is 339. The molecule has 0 saturated carbocycles. The van der Waals surface area contributed by atoms with Gasteiger partial charge in [-0.25, -0.2) is 0 Å². The van der Waals surface area contributed by atoms with E-state index in [1.807, 2.05) is 11.3 Å². The minimum Gasteiger partial charge on any atom is -0.317 e. The number of rotatable bonds is 5. The molecule has 0 radical (unpaired) electrons. The summed E-state index contributed by atoms with van der Waals surface area (Å²) in [5, 5.41) is 5.63. The molecule has 5 heteroatoms. The van der Waals surface area contributed by atoms with Crippen molar-refractivity contribution in [1.29, 1.82) is 0 Å². The molecule has 1 aliphatic rings. The van der Waals surface area contributed by atoms with Crippen LogP contribution in [0.1, 0.15) is 31.1 Å². The van der Waals surface area contributed by atoms with Crippen LogP contribution in [0.15, 0.2) is 15.9 Å². The average molecular weight is 354 g/mol. The summed E-state index contributed by atoms with van der Waals surface area (Å²) in [6, 6.07) is 3.03. The number of hydrogen-bond donors (Lipinski definition) is 1. The number of hydrogen-bond acceptors (Lipinski definition) is 3. The highest BCUT2D eigenvalue weighted by molar-refractivity contribution is 9.10. The molecule has 1 aromatic rings. The highest BCUT2D eigenvalue weighted by Crippen LogP contribution is 2.23. The van der Waals surface area contributed by atoms with Gasteiger partial charge in [-0.2, -0.15) is 0 Å². The maximum absolute atomic E-state index is 3.54. The number of nitrogens with one attached hydrogen (secondary N) is 1. The molecular formula is C13H22BrClN2S. The van der Waals surface area contributed by atoms with E-state index >= 15 is 0 Å². The second kappa shape index (κ2) is 8.54. The Labute approximate surface area is 129 Å². The molecule has 0 aromatic carbocycles. The Morgan fingerprint density at radius 3 is 2.72 bits per heavy atom. The van der Waals surface area contributed by atoms with E-state index < -0.39 is 0 Å². The van der Waals surface area contributed by atoms with E-state index in [0.717, 1.165) is 12.6 Å². The van der Waals surface area contributed by atoms with Gasteiger partial charge in [0.25, 0.3) is 0 Å². The van der Waals surface area contributed by atoms with Gasteiger partial charge in [0.1, 0.15) is 0 Å². The maximum Gasteiger partial charge on any atom is 0.0331 e. The maximum atomic E-state index is 3.54. The molecule has 1 aromatic heterocycles. The predicted octanol–water partition coefficient (Wildman–Crippen LogP) is 3.90. The van der Waals surface area contributed by atoms with Crippen LogP contribution in [0.2, 0.25) is 0 Å². The fraction of sp³-hybridized carbons (Fsp3) is 0.692. The molecule has 2 heterocycles. The Balaban J connectivity index is 0.00000162. The second-order valence-corrected chi connectivity index (χ2v) is 6.59. The molecule has 0 amide bonds. The van der Waals surface area contributed by atoms with Gasteiger partial charge >= 0.3 is 0 Å². The minimum absolute atomic E-state index is 0. The molecule has 1 saturated heterocycles. The van der Waals surface area contributed by atoms with Gasteiger partial charge in [0.2, 0.25) is 0 Å². The molecule has 1 fully saturated rings. The summed E-state index contributed by atoms with van der Waals surface area (Å²) in [7, 11) is 0. The summed E-state index contributed by atoms with van der Waals surface area (Å²) in [4.78, 5) is 4.14. The summed E-state index contributed by atoms with van der Waals surface area (Å²) >= 11 is 5.40. The van der Waals surface area contributed by atoms with Gasteiger partial charge in [0.15, 0.2) is 0 Å². The van der Waals surface area contributed by atoms with E-state index in [0.29, 0.717) is 0 Å². The van der Waals surface area contributed by atoms with Gasteiger partial charge in [-0.05, 0) is 60.9 Å². The first kappa shape index (κ1) is 16.4. The zero-order valence-electron chi connectivity index (χ0n) is 10.8. The number of thiophene rings is 1. The topological polar surface area (TPSA) is 15.3 Å². The summed E-state index contributed by atoms with van der Waals surface area (Å²) in [6.45, 7) is 6.98.